The molecule has 3 N–H and O–H groups in total. The Labute approximate surface area is 101 Å². The van der Waals surface area contributed by atoms with Gasteiger partial charge in [-0.3, -0.25) is 0 Å². The number of rotatable bonds is 4. The highest BCUT2D eigenvalue weighted by molar-refractivity contribution is 7.87. The summed E-state index contributed by atoms with van der Waals surface area (Å²) < 4.78 is 73.9. The van der Waals surface area contributed by atoms with E-state index in [1.54, 1.807) is 4.72 Å². The predicted molar refractivity (Wildman–Crippen MR) is 56.4 cm³/mol. The Morgan fingerprint density at radius 3 is 2.33 bits per heavy atom. The van der Waals surface area contributed by atoms with Gasteiger partial charge in [0.15, 0.2) is 0 Å². The highest BCUT2D eigenvalue weighted by Crippen LogP contribution is 2.35. The Bertz CT molecular complexity index is 516. The lowest BCUT2D eigenvalue weighted by molar-refractivity contribution is -0.138. The van der Waals surface area contributed by atoms with Gasteiger partial charge in [-0.05, 0) is 11.6 Å². The molecule has 0 aliphatic heterocycles. The van der Waals surface area contributed by atoms with E-state index in [-0.39, 0.29) is 0 Å². The van der Waals surface area contributed by atoms with E-state index < -0.39 is 40.2 Å². The lowest BCUT2D eigenvalue weighted by Gasteiger charge is -2.15. The maximum atomic E-state index is 13.6. The average molecular weight is 286 g/mol. The van der Waals surface area contributed by atoms with Crippen molar-refractivity contribution >= 4 is 10.2 Å². The van der Waals surface area contributed by atoms with Crippen molar-refractivity contribution in [3.05, 3.63) is 35.4 Å². The molecule has 0 heterocycles. The Morgan fingerprint density at radius 1 is 1.28 bits per heavy atom. The summed E-state index contributed by atoms with van der Waals surface area (Å²) in [6.07, 6.45) is -6.84. The van der Waals surface area contributed by atoms with Crippen LogP contribution in [0.3, 0.4) is 0 Å². The van der Waals surface area contributed by atoms with Gasteiger partial charge in [0.05, 0.1) is 5.56 Å². The first kappa shape index (κ1) is 14.9. The molecular weight excluding hydrogens is 276 g/mol. The fourth-order valence-electron chi connectivity index (χ4n) is 1.33. The van der Waals surface area contributed by atoms with Crippen LogP contribution < -0.4 is 9.86 Å². The summed E-state index contributed by atoms with van der Waals surface area (Å²) in [5.74, 6) is 0. The number of alkyl halides is 4. The summed E-state index contributed by atoms with van der Waals surface area (Å²) in [5, 5.41) is 4.56. The minimum atomic E-state index is -4.71. The van der Waals surface area contributed by atoms with Gasteiger partial charge in [-0.1, -0.05) is 18.2 Å². The van der Waals surface area contributed by atoms with Gasteiger partial charge in [0, 0.05) is 6.54 Å². The lowest BCUT2D eigenvalue weighted by Crippen LogP contribution is -2.33. The standard InChI is InChI=1S/C9H10F4N2O2S/c10-8(5-15-18(14,16)17)6-3-1-2-4-7(6)9(11,12)13/h1-4,8,15H,5H2,(H2,14,16,17). The fourth-order valence-corrected chi connectivity index (χ4v) is 1.71. The summed E-state index contributed by atoms with van der Waals surface area (Å²) in [4.78, 5) is 0. The van der Waals surface area contributed by atoms with Crippen LogP contribution in [0.25, 0.3) is 0 Å². The number of hydrogen-bond acceptors (Lipinski definition) is 2. The third-order valence-corrected chi connectivity index (χ3v) is 2.64. The van der Waals surface area contributed by atoms with Gasteiger partial charge in [0.25, 0.3) is 10.2 Å². The van der Waals surface area contributed by atoms with Crippen molar-refractivity contribution in [1.29, 1.82) is 0 Å². The molecule has 0 spiro atoms. The Kier molecular flexibility index (Phi) is 4.30. The number of nitrogens with two attached hydrogens (primary N) is 1. The van der Waals surface area contributed by atoms with E-state index in [1.165, 1.54) is 6.07 Å². The Balaban J connectivity index is 2.96. The maximum Gasteiger partial charge on any atom is 0.416 e. The molecule has 0 aromatic heterocycles. The molecule has 4 nitrogen and oxygen atoms in total. The Hall–Kier alpha value is -1.19. The smallest absolute Gasteiger partial charge is 0.241 e. The zero-order valence-electron chi connectivity index (χ0n) is 8.91. The Morgan fingerprint density at radius 2 is 1.83 bits per heavy atom. The minimum Gasteiger partial charge on any atom is -0.241 e. The number of nitrogens with one attached hydrogen (secondary N) is 1. The van der Waals surface area contributed by atoms with E-state index >= 15 is 0 Å². The molecule has 1 aromatic carbocycles. The van der Waals surface area contributed by atoms with Crippen LogP contribution in [0.4, 0.5) is 17.6 Å². The molecule has 0 fully saturated rings. The molecule has 1 unspecified atom stereocenters. The second-order valence-electron chi connectivity index (χ2n) is 3.45. The first-order valence-corrected chi connectivity index (χ1v) is 6.23. The lowest BCUT2D eigenvalue weighted by atomic mass is 10.0. The van der Waals surface area contributed by atoms with Gasteiger partial charge in [0.1, 0.15) is 6.17 Å². The molecule has 0 aliphatic carbocycles. The molecule has 0 radical (unpaired) electrons. The van der Waals surface area contributed by atoms with Crippen molar-refractivity contribution in [3.63, 3.8) is 0 Å². The molecule has 0 bridgehead atoms. The zero-order valence-corrected chi connectivity index (χ0v) is 9.72. The summed E-state index contributed by atoms with van der Waals surface area (Å²) in [6.45, 7) is -0.855. The maximum absolute atomic E-state index is 13.6. The second-order valence-corrected chi connectivity index (χ2v) is 4.82. The van der Waals surface area contributed by atoms with E-state index in [4.69, 9.17) is 0 Å². The number of benzene rings is 1. The van der Waals surface area contributed by atoms with Gasteiger partial charge in [0.2, 0.25) is 0 Å². The van der Waals surface area contributed by atoms with E-state index in [0.717, 1.165) is 18.2 Å². The van der Waals surface area contributed by atoms with Crippen LogP contribution in [-0.2, 0) is 16.4 Å². The van der Waals surface area contributed by atoms with Crippen molar-refractivity contribution in [1.82, 2.24) is 4.72 Å². The van der Waals surface area contributed by atoms with Gasteiger partial charge >= 0.3 is 6.18 Å². The van der Waals surface area contributed by atoms with Crippen LogP contribution >= 0.6 is 0 Å². The average Bonchev–Trinajstić information content (AvgIpc) is 2.24. The zero-order chi connectivity index (χ0) is 14.0. The monoisotopic (exact) mass is 286 g/mol. The molecule has 9 heteroatoms. The highest BCUT2D eigenvalue weighted by Gasteiger charge is 2.35. The third-order valence-electron chi connectivity index (χ3n) is 2.07. The van der Waals surface area contributed by atoms with Gasteiger partial charge < -0.3 is 0 Å². The van der Waals surface area contributed by atoms with Gasteiger partial charge in [-0.25, -0.2) is 9.53 Å². The van der Waals surface area contributed by atoms with Crippen LogP contribution in [0.1, 0.15) is 17.3 Å². The first-order chi connectivity index (χ1) is 8.11. The quantitative estimate of drug-likeness (QED) is 0.823. The topological polar surface area (TPSA) is 72.2 Å². The molecule has 0 saturated carbocycles. The molecular formula is C9H10F4N2O2S. The molecule has 0 aliphatic rings. The number of hydrogen-bond donors (Lipinski definition) is 2. The van der Waals surface area contributed by atoms with Crippen molar-refractivity contribution in [2.45, 2.75) is 12.3 Å². The fraction of sp³-hybridized carbons (Fsp3) is 0.333. The molecule has 102 valence electrons. The highest BCUT2D eigenvalue weighted by atomic mass is 32.2. The summed E-state index contributed by atoms with van der Waals surface area (Å²) in [5.41, 5.74) is -1.78. The summed E-state index contributed by atoms with van der Waals surface area (Å²) in [6, 6.07) is 4.01. The molecule has 18 heavy (non-hydrogen) atoms. The van der Waals surface area contributed by atoms with Crippen molar-refractivity contribution in [2.24, 2.45) is 5.14 Å². The van der Waals surface area contributed by atoms with E-state index in [1.807, 2.05) is 0 Å². The predicted octanol–water partition coefficient (Wildman–Crippen LogP) is 1.51. The van der Waals surface area contributed by atoms with Crippen molar-refractivity contribution < 1.29 is 26.0 Å². The van der Waals surface area contributed by atoms with Crippen molar-refractivity contribution in [3.8, 4) is 0 Å². The molecule has 1 atom stereocenters. The van der Waals surface area contributed by atoms with E-state index in [2.05, 4.69) is 5.14 Å². The SMILES string of the molecule is NS(=O)(=O)NCC(F)c1ccccc1C(F)(F)F. The molecule has 0 amide bonds. The van der Waals surface area contributed by atoms with E-state index in [9.17, 15) is 26.0 Å². The minimum absolute atomic E-state index is 0.638. The van der Waals surface area contributed by atoms with Crippen LogP contribution in [0.5, 0.6) is 0 Å². The van der Waals surface area contributed by atoms with Gasteiger partial charge in [-0.2, -0.15) is 26.3 Å². The molecule has 1 aromatic rings. The third kappa shape index (κ3) is 4.24. The van der Waals surface area contributed by atoms with Crippen LogP contribution in [0.2, 0.25) is 0 Å². The van der Waals surface area contributed by atoms with Crippen LogP contribution in [0.15, 0.2) is 24.3 Å². The van der Waals surface area contributed by atoms with Gasteiger partial charge in [-0.15, -0.1) is 0 Å². The summed E-state index contributed by atoms with van der Waals surface area (Å²) in [7, 11) is -4.15. The van der Waals surface area contributed by atoms with Crippen molar-refractivity contribution in [2.75, 3.05) is 6.54 Å². The number of halogens is 4. The van der Waals surface area contributed by atoms with Crippen LogP contribution in [0, 0.1) is 0 Å². The molecule has 1 rings (SSSR count). The second kappa shape index (κ2) is 5.21. The first-order valence-electron chi connectivity index (χ1n) is 4.69. The van der Waals surface area contributed by atoms with Crippen LogP contribution in [-0.4, -0.2) is 15.0 Å². The summed E-state index contributed by atoms with van der Waals surface area (Å²) >= 11 is 0. The normalized spacial score (nSPS) is 14.5. The largest absolute Gasteiger partial charge is 0.416 e. The molecule has 0 saturated heterocycles. The van der Waals surface area contributed by atoms with E-state index in [0.29, 0.717) is 0 Å².